The van der Waals surface area contributed by atoms with Crippen LogP contribution in [-0.4, -0.2) is 41.5 Å². The maximum Gasteiger partial charge on any atom is 0.308 e. The number of amides is 1. The zero-order valence-electron chi connectivity index (χ0n) is 11.8. The van der Waals surface area contributed by atoms with E-state index in [9.17, 15) is 9.59 Å². The molecule has 0 bridgehead atoms. The Morgan fingerprint density at radius 2 is 1.86 bits per heavy atom. The van der Waals surface area contributed by atoms with Crippen molar-refractivity contribution < 1.29 is 14.7 Å². The Balaban J connectivity index is 1.97. The summed E-state index contributed by atoms with van der Waals surface area (Å²) in [6, 6.07) is 2.94. The second kappa shape index (κ2) is 7.04. The topological polar surface area (TPSA) is 69.6 Å². The van der Waals surface area contributed by atoms with Crippen LogP contribution in [0.5, 0.6) is 0 Å². The average molecular weight is 366 g/mol. The Kier molecular flexibility index (Phi) is 5.55. The molecule has 1 heterocycles. The highest BCUT2D eigenvalue weighted by Crippen LogP contribution is 2.32. The van der Waals surface area contributed by atoms with Crippen LogP contribution < -0.4 is 5.32 Å². The summed E-state index contributed by atoms with van der Waals surface area (Å²) in [4.78, 5) is 25.0. The maximum absolute atomic E-state index is 12.1. The molecule has 0 saturated carbocycles. The molecular formula is C14H15Cl3N2O3. The summed E-state index contributed by atoms with van der Waals surface area (Å²) in [5.41, 5.74) is 0.378. The molecule has 5 nitrogen and oxygen atoms in total. The van der Waals surface area contributed by atoms with E-state index in [4.69, 9.17) is 39.9 Å². The van der Waals surface area contributed by atoms with Gasteiger partial charge in [-0.2, -0.15) is 0 Å². The van der Waals surface area contributed by atoms with Crippen LogP contribution in [-0.2, 0) is 9.59 Å². The fraction of sp³-hybridized carbons (Fsp3) is 0.429. The molecule has 1 amide bonds. The van der Waals surface area contributed by atoms with Crippen LogP contribution in [0.2, 0.25) is 15.1 Å². The Hall–Kier alpha value is -1.01. The minimum Gasteiger partial charge on any atom is -0.481 e. The van der Waals surface area contributed by atoms with Crippen molar-refractivity contribution in [2.75, 3.05) is 25.0 Å². The second-order valence-electron chi connectivity index (χ2n) is 5.41. The molecule has 1 aromatic carbocycles. The van der Waals surface area contributed by atoms with Gasteiger partial charge in [-0.05, 0) is 18.1 Å². The lowest BCUT2D eigenvalue weighted by atomic mass is 9.99. The summed E-state index contributed by atoms with van der Waals surface area (Å²) in [5, 5.41) is 12.6. The summed E-state index contributed by atoms with van der Waals surface area (Å²) in [6.45, 7) is 2.90. The predicted octanol–water partition coefficient (Wildman–Crippen LogP) is 3.24. The lowest BCUT2D eigenvalue weighted by Crippen LogP contribution is -2.32. The number of aliphatic carboxylic acids is 1. The van der Waals surface area contributed by atoms with E-state index in [1.165, 1.54) is 12.1 Å². The van der Waals surface area contributed by atoms with Gasteiger partial charge in [0.15, 0.2) is 0 Å². The number of nitrogens with zero attached hydrogens (tertiary/aromatic N) is 1. The van der Waals surface area contributed by atoms with Gasteiger partial charge in [0, 0.05) is 13.1 Å². The number of hydrogen-bond donors (Lipinski definition) is 2. The monoisotopic (exact) mass is 364 g/mol. The number of nitrogens with one attached hydrogen (secondary N) is 1. The van der Waals surface area contributed by atoms with Crippen LogP contribution in [0.3, 0.4) is 0 Å². The van der Waals surface area contributed by atoms with E-state index >= 15 is 0 Å². The van der Waals surface area contributed by atoms with Gasteiger partial charge < -0.3 is 10.4 Å². The predicted molar refractivity (Wildman–Crippen MR) is 86.8 cm³/mol. The maximum atomic E-state index is 12.1. The van der Waals surface area contributed by atoms with Crippen LogP contribution >= 0.6 is 34.8 Å². The zero-order valence-corrected chi connectivity index (χ0v) is 14.0. The lowest BCUT2D eigenvalue weighted by Gasteiger charge is -2.15. The molecule has 2 atom stereocenters. The Morgan fingerprint density at radius 1 is 1.23 bits per heavy atom. The van der Waals surface area contributed by atoms with Gasteiger partial charge in [-0.1, -0.05) is 41.7 Å². The molecule has 2 N–H and O–H groups in total. The first-order valence-corrected chi connectivity index (χ1v) is 7.81. The van der Waals surface area contributed by atoms with Crippen molar-refractivity contribution in [3.05, 3.63) is 27.2 Å². The molecule has 0 spiro atoms. The zero-order chi connectivity index (χ0) is 16.4. The standard InChI is InChI=1S/C14H15Cl3N2O3/c1-7-4-19(5-8(7)14(21)22)6-13(20)18-12-3-10(16)9(15)2-11(12)17/h2-3,7-8H,4-6H2,1H3,(H,18,20)(H,21,22)/t7-,8-/m1/s1. The lowest BCUT2D eigenvalue weighted by molar-refractivity contribution is -0.142. The van der Waals surface area contributed by atoms with Crippen LogP contribution in [0.15, 0.2) is 12.1 Å². The minimum atomic E-state index is -0.831. The summed E-state index contributed by atoms with van der Waals surface area (Å²) >= 11 is 17.7. The highest BCUT2D eigenvalue weighted by atomic mass is 35.5. The highest BCUT2D eigenvalue weighted by molar-refractivity contribution is 6.44. The third kappa shape index (κ3) is 4.04. The highest BCUT2D eigenvalue weighted by Gasteiger charge is 2.35. The normalized spacial score (nSPS) is 21.8. The Labute approximate surface area is 143 Å². The van der Waals surface area contributed by atoms with Crippen LogP contribution in [0.4, 0.5) is 5.69 Å². The first-order chi connectivity index (χ1) is 10.3. The molecule has 1 aliphatic heterocycles. The van der Waals surface area contributed by atoms with E-state index in [0.717, 1.165) is 0 Å². The van der Waals surface area contributed by atoms with Crippen LogP contribution in [0, 0.1) is 11.8 Å². The Morgan fingerprint density at radius 3 is 2.45 bits per heavy atom. The molecule has 0 aliphatic carbocycles. The van der Waals surface area contributed by atoms with Crippen LogP contribution in [0.1, 0.15) is 6.92 Å². The van der Waals surface area contributed by atoms with E-state index in [1.54, 1.807) is 0 Å². The molecule has 1 fully saturated rings. The fourth-order valence-corrected chi connectivity index (χ4v) is 3.12. The molecule has 2 rings (SSSR count). The molecule has 1 aliphatic rings. The van der Waals surface area contributed by atoms with E-state index in [-0.39, 0.29) is 18.4 Å². The number of carboxylic acids is 1. The average Bonchev–Trinajstić information content (AvgIpc) is 2.76. The number of likely N-dealkylation sites (tertiary alicyclic amines) is 1. The van der Waals surface area contributed by atoms with Crippen molar-refractivity contribution >= 4 is 52.4 Å². The van der Waals surface area contributed by atoms with Gasteiger partial charge in [0.25, 0.3) is 0 Å². The number of hydrogen-bond acceptors (Lipinski definition) is 3. The number of halogens is 3. The molecule has 0 unspecified atom stereocenters. The third-order valence-corrected chi connectivity index (χ3v) is 4.69. The van der Waals surface area contributed by atoms with Gasteiger partial charge in [-0.3, -0.25) is 14.5 Å². The van der Waals surface area contributed by atoms with E-state index in [0.29, 0.717) is 33.8 Å². The smallest absolute Gasteiger partial charge is 0.308 e. The van der Waals surface area contributed by atoms with Gasteiger partial charge in [0.1, 0.15) is 0 Å². The van der Waals surface area contributed by atoms with E-state index in [1.807, 2.05) is 11.8 Å². The van der Waals surface area contributed by atoms with Crippen molar-refractivity contribution in [2.24, 2.45) is 11.8 Å². The first kappa shape index (κ1) is 17.3. The van der Waals surface area contributed by atoms with Crippen molar-refractivity contribution in [3.8, 4) is 0 Å². The fourth-order valence-electron chi connectivity index (χ4n) is 2.53. The quantitative estimate of drug-likeness (QED) is 0.804. The molecule has 1 saturated heterocycles. The van der Waals surface area contributed by atoms with E-state index < -0.39 is 11.9 Å². The number of rotatable bonds is 4. The molecular weight excluding hydrogens is 351 g/mol. The number of carbonyl (C=O) groups is 2. The third-order valence-electron chi connectivity index (χ3n) is 3.66. The molecule has 120 valence electrons. The molecule has 22 heavy (non-hydrogen) atoms. The van der Waals surface area contributed by atoms with Crippen molar-refractivity contribution in [1.82, 2.24) is 4.90 Å². The van der Waals surface area contributed by atoms with Gasteiger partial charge in [0.05, 0.1) is 33.2 Å². The minimum absolute atomic E-state index is 0.0128. The number of carbonyl (C=O) groups excluding carboxylic acids is 1. The summed E-state index contributed by atoms with van der Waals surface area (Å²) in [6.07, 6.45) is 0. The summed E-state index contributed by atoms with van der Waals surface area (Å²) in [5.74, 6) is -1.54. The van der Waals surface area contributed by atoms with Crippen LogP contribution in [0.25, 0.3) is 0 Å². The SMILES string of the molecule is C[C@@H]1CN(CC(=O)Nc2cc(Cl)c(Cl)cc2Cl)C[C@H]1C(=O)O. The molecule has 8 heteroatoms. The van der Waals surface area contributed by atoms with Gasteiger partial charge in [-0.15, -0.1) is 0 Å². The van der Waals surface area contributed by atoms with Gasteiger partial charge in [0.2, 0.25) is 5.91 Å². The molecule has 1 aromatic rings. The Bertz CT molecular complexity index is 609. The van der Waals surface area contributed by atoms with Gasteiger partial charge in [-0.25, -0.2) is 0 Å². The second-order valence-corrected chi connectivity index (χ2v) is 6.63. The number of benzene rings is 1. The number of anilines is 1. The largest absolute Gasteiger partial charge is 0.481 e. The number of carboxylic acid groups (broad SMARTS) is 1. The summed E-state index contributed by atoms with van der Waals surface area (Å²) in [7, 11) is 0. The van der Waals surface area contributed by atoms with Crippen molar-refractivity contribution in [1.29, 1.82) is 0 Å². The van der Waals surface area contributed by atoms with Crippen molar-refractivity contribution in [3.63, 3.8) is 0 Å². The van der Waals surface area contributed by atoms with Gasteiger partial charge >= 0.3 is 5.97 Å². The van der Waals surface area contributed by atoms with E-state index in [2.05, 4.69) is 5.32 Å². The van der Waals surface area contributed by atoms with Crippen molar-refractivity contribution in [2.45, 2.75) is 6.92 Å². The summed E-state index contributed by atoms with van der Waals surface area (Å²) < 4.78 is 0. The first-order valence-electron chi connectivity index (χ1n) is 6.67. The molecule has 0 aromatic heterocycles. The molecule has 0 radical (unpaired) electrons.